The van der Waals surface area contributed by atoms with E-state index in [4.69, 9.17) is 9.84 Å². The van der Waals surface area contributed by atoms with Crippen LogP contribution in [0.5, 0.6) is 0 Å². The van der Waals surface area contributed by atoms with Crippen molar-refractivity contribution in [1.82, 2.24) is 4.90 Å². The van der Waals surface area contributed by atoms with Crippen LogP contribution in [0.3, 0.4) is 0 Å². The molecular formula is C13H21NO4. The van der Waals surface area contributed by atoms with E-state index in [1.165, 1.54) is 0 Å². The number of carboxylic acids is 1. The fraction of sp³-hybridized carbons (Fsp3) is 0.846. The van der Waals surface area contributed by atoms with Gasteiger partial charge in [-0.05, 0) is 39.0 Å². The molecule has 3 fully saturated rings. The molecule has 3 aliphatic rings. The van der Waals surface area contributed by atoms with Crippen LogP contribution in [-0.4, -0.2) is 39.8 Å². The van der Waals surface area contributed by atoms with E-state index in [0.717, 1.165) is 12.8 Å². The van der Waals surface area contributed by atoms with Crippen molar-refractivity contribution in [2.45, 2.75) is 58.1 Å². The van der Waals surface area contributed by atoms with Crippen molar-refractivity contribution in [3.63, 3.8) is 0 Å². The summed E-state index contributed by atoms with van der Waals surface area (Å²) in [6.07, 6.45) is 1.17. The summed E-state index contributed by atoms with van der Waals surface area (Å²) in [4.78, 5) is 24.7. The van der Waals surface area contributed by atoms with E-state index in [9.17, 15) is 9.59 Å². The number of hydrogen-bond donors (Lipinski definition) is 1. The maximum absolute atomic E-state index is 12.1. The molecule has 3 rings (SSSR count). The summed E-state index contributed by atoms with van der Waals surface area (Å²) in [5, 5.41) is 9.00. The standard InChI is InChI=1S/C13H21NO4/c1-11(2,3)18-10(17)14-8-12(4)6-13(14,7-12)5-9(15)16/h5-8H2,1-4H3,(H,15,16). The number of aliphatic carboxylic acids is 1. The molecule has 1 amide bonds. The molecule has 0 unspecified atom stereocenters. The molecule has 2 aliphatic heterocycles. The van der Waals surface area contributed by atoms with Crippen LogP contribution in [0, 0.1) is 5.41 Å². The van der Waals surface area contributed by atoms with E-state index < -0.39 is 17.1 Å². The van der Waals surface area contributed by atoms with Gasteiger partial charge in [-0.1, -0.05) is 6.92 Å². The Balaban J connectivity index is 2.13. The van der Waals surface area contributed by atoms with Gasteiger partial charge >= 0.3 is 12.1 Å². The van der Waals surface area contributed by atoms with E-state index in [2.05, 4.69) is 6.92 Å². The third-order valence-corrected chi connectivity index (χ3v) is 3.72. The second-order valence-electron chi connectivity index (χ2n) is 7.03. The fourth-order valence-corrected chi connectivity index (χ4v) is 3.47. The first kappa shape index (κ1) is 13.2. The molecule has 1 saturated carbocycles. The van der Waals surface area contributed by atoms with Gasteiger partial charge < -0.3 is 14.7 Å². The predicted molar refractivity (Wildman–Crippen MR) is 65.3 cm³/mol. The molecule has 0 aromatic carbocycles. The van der Waals surface area contributed by atoms with E-state index in [1.807, 2.05) is 20.8 Å². The van der Waals surface area contributed by atoms with Gasteiger partial charge in [-0.2, -0.15) is 0 Å². The number of nitrogens with zero attached hydrogens (tertiary/aromatic N) is 1. The minimum absolute atomic E-state index is 0.0157. The van der Waals surface area contributed by atoms with Crippen molar-refractivity contribution >= 4 is 12.1 Å². The molecule has 5 nitrogen and oxygen atoms in total. The normalized spacial score (nSPS) is 34.1. The highest BCUT2D eigenvalue weighted by atomic mass is 16.6. The van der Waals surface area contributed by atoms with Gasteiger partial charge in [-0.25, -0.2) is 4.79 Å². The van der Waals surface area contributed by atoms with Crippen LogP contribution in [0.4, 0.5) is 4.79 Å². The molecule has 0 spiro atoms. The highest BCUT2D eigenvalue weighted by Gasteiger charge is 2.65. The first-order valence-corrected chi connectivity index (χ1v) is 6.28. The Morgan fingerprint density at radius 2 is 1.89 bits per heavy atom. The van der Waals surface area contributed by atoms with E-state index >= 15 is 0 Å². The third-order valence-electron chi connectivity index (χ3n) is 3.72. The maximum Gasteiger partial charge on any atom is 0.410 e. The van der Waals surface area contributed by atoms with Gasteiger partial charge in [0, 0.05) is 6.54 Å². The average molecular weight is 255 g/mol. The lowest BCUT2D eigenvalue weighted by molar-refractivity contribution is -0.141. The molecule has 1 N–H and O–H groups in total. The summed E-state index contributed by atoms with van der Waals surface area (Å²) in [7, 11) is 0. The number of amides is 1. The monoisotopic (exact) mass is 255 g/mol. The highest BCUT2D eigenvalue weighted by molar-refractivity contribution is 5.75. The van der Waals surface area contributed by atoms with Gasteiger partial charge in [0.05, 0.1) is 12.0 Å². The minimum atomic E-state index is -0.854. The van der Waals surface area contributed by atoms with Crippen molar-refractivity contribution in [1.29, 1.82) is 0 Å². The molecular weight excluding hydrogens is 234 g/mol. The largest absolute Gasteiger partial charge is 0.481 e. The predicted octanol–water partition coefficient (Wildman–Crippen LogP) is 2.25. The number of ether oxygens (including phenoxy) is 1. The smallest absolute Gasteiger partial charge is 0.410 e. The molecule has 5 heteroatoms. The lowest BCUT2D eigenvalue weighted by atomic mass is 9.62. The topological polar surface area (TPSA) is 66.8 Å². The van der Waals surface area contributed by atoms with Crippen LogP contribution >= 0.6 is 0 Å². The minimum Gasteiger partial charge on any atom is -0.481 e. The summed E-state index contributed by atoms with van der Waals surface area (Å²) in [6, 6.07) is 0. The van der Waals surface area contributed by atoms with Gasteiger partial charge in [0.25, 0.3) is 0 Å². The van der Waals surface area contributed by atoms with Crippen LogP contribution in [0.25, 0.3) is 0 Å². The van der Waals surface area contributed by atoms with Crippen molar-refractivity contribution in [3.8, 4) is 0 Å². The fourth-order valence-electron chi connectivity index (χ4n) is 3.47. The van der Waals surface area contributed by atoms with Crippen LogP contribution in [0.2, 0.25) is 0 Å². The number of carbonyl (C=O) groups excluding carboxylic acids is 1. The summed E-state index contributed by atoms with van der Waals surface area (Å²) in [5.41, 5.74) is -0.981. The SMILES string of the molecule is CC12CN(C(=O)OC(C)(C)C)C(CC(=O)O)(C1)C2. The Kier molecular flexibility index (Phi) is 2.65. The van der Waals surface area contributed by atoms with E-state index in [-0.39, 0.29) is 17.9 Å². The lowest BCUT2D eigenvalue weighted by Gasteiger charge is -2.45. The Labute approximate surface area is 107 Å². The third kappa shape index (κ3) is 2.18. The molecule has 0 radical (unpaired) electrons. The van der Waals surface area contributed by atoms with Gasteiger partial charge in [0.2, 0.25) is 0 Å². The number of rotatable bonds is 2. The Hall–Kier alpha value is -1.26. The molecule has 0 aromatic rings. The Bertz CT molecular complexity index is 390. The quantitative estimate of drug-likeness (QED) is 0.821. The van der Waals surface area contributed by atoms with Crippen molar-refractivity contribution in [2.75, 3.05) is 6.54 Å². The van der Waals surface area contributed by atoms with Crippen LogP contribution in [0.1, 0.15) is 47.0 Å². The van der Waals surface area contributed by atoms with E-state index in [1.54, 1.807) is 4.90 Å². The summed E-state index contributed by atoms with van der Waals surface area (Å²) in [6.45, 7) is 8.15. The lowest BCUT2D eigenvalue weighted by Crippen LogP contribution is -2.52. The first-order valence-electron chi connectivity index (χ1n) is 6.28. The summed E-state index contributed by atoms with van der Waals surface area (Å²) >= 11 is 0. The highest BCUT2D eigenvalue weighted by Crippen LogP contribution is 2.60. The van der Waals surface area contributed by atoms with Crippen molar-refractivity contribution < 1.29 is 19.4 Å². The molecule has 18 heavy (non-hydrogen) atoms. The average Bonchev–Trinajstić information content (AvgIpc) is 2.47. The van der Waals surface area contributed by atoms with Crippen LogP contribution in [-0.2, 0) is 9.53 Å². The summed E-state index contributed by atoms with van der Waals surface area (Å²) in [5.74, 6) is -0.854. The Morgan fingerprint density at radius 3 is 2.33 bits per heavy atom. The second kappa shape index (κ2) is 3.62. The second-order valence-corrected chi connectivity index (χ2v) is 7.03. The van der Waals surface area contributed by atoms with E-state index in [0.29, 0.717) is 6.54 Å². The molecule has 102 valence electrons. The zero-order valence-electron chi connectivity index (χ0n) is 11.4. The number of fused-ring (bicyclic) bond motifs is 1. The van der Waals surface area contributed by atoms with Crippen LogP contribution < -0.4 is 0 Å². The van der Waals surface area contributed by atoms with Crippen molar-refractivity contribution in [2.24, 2.45) is 5.41 Å². The van der Waals surface area contributed by atoms with Gasteiger partial charge in [-0.3, -0.25) is 4.79 Å². The molecule has 0 aromatic heterocycles. The number of hydrogen-bond acceptors (Lipinski definition) is 3. The zero-order valence-corrected chi connectivity index (χ0v) is 11.4. The van der Waals surface area contributed by atoms with Crippen LogP contribution in [0.15, 0.2) is 0 Å². The van der Waals surface area contributed by atoms with Gasteiger partial charge in [-0.15, -0.1) is 0 Å². The molecule has 2 heterocycles. The molecule has 2 saturated heterocycles. The summed E-state index contributed by atoms with van der Waals surface area (Å²) < 4.78 is 5.36. The van der Waals surface area contributed by atoms with Crippen molar-refractivity contribution in [3.05, 3.63) is 0 Å². The number of carboxylic acid groups (broad SMARTS) is 1. The first-order chi connectivity index (χ1) is 8.05. The molecule has 1 aliphatic carbocycles. The zero-order chi connectivity index (χ0) is 13.8. The number of carbonyl (C=O) groups is 2. The van der Waals surface area contributed by atoms with Gasteiger partial charge in [0.15, 0.2) is 0 Å². The molecule has 0 atom stereocenters. The Morgan fingerprint density at radius 1 is 1.33 bits per heavy atom. The maximum atomic E-state index is 12.1. The van der Waals surface area contributed by atoms with Gasteiger partial charge in [0.1, 0.15) is 5.60 Å². The molecule has 2 bridgehead atoms.